The number of hydrogen-bond donors (Lipinski definition) is 0. The van der Waals surface area contributed by atoms with E-state index in [1.54, 1.807) is 24.3 Å². The van der Waals surface area contributed by atoms with Crippen molar-refractivity contribution < 1.29 is 9.59 Å². The van der Waals surface area contributed by atoms with Gasteiger partial charge in [-0.1, -0.05) is 30.3 Å². The molecule has 0 radical (unpaired) electrons. The van der Waals surface area contributed by atoms with E-state index < -0.39 is 0 Å². The summed E-state index contributed by atoms with van der Waals surface area (Å²) in [7, 11) is 0. The zero-order valence-electron chi connectivity index (χ0n) is 6.44. The maximum atomic E-state index is 10.5. The second-order valence-corrected chi connectivity index (χ2v) is 2.24. The maximum absolute atomic E-state index is 10.5. The topological polar surface area (TPSA) is 34.1 Å². The SMILES string of the molecule is O=C/C=C\c1ccccc1C=O. The zero-order valence-corrected chi connectivity index (χ0v) is 6.44. The monoisotopic (exact) mass is 160 g/mol. The molecule has 0 aromatic heterocycles. The van der Waals surface area contributed by atoms with E-state index in [1.165, 1.54) is 6.08 Å². The highest BCUT2D eigenvalue weighted by molar-refractivity contribution is 5.84. The highest BCUT2D eigenvalue weighted by atomic mass is 16.1. The minimum atomic E-state index is 0.593. The summed E-state index contributed by atoms with van der Waals surface area (Å²) in [6.45, 7) is 0. The van der Waals surface area contributed by atoms with Gasteiger partial charge in [0, 0.05) is 5.56 Å². The average molecular weight is 160 g/mol. The third kappa shape index (κ3) is 1.89. The molecule has 0 atom stereocenters. The fourth-order valence-electron chi connectivity index (χ4n) is 0.913. The number of hydrogen-bond acceptors (Lipinski definition) is 2. The van der Waals surface area contributed by atoms with Crippen molar-refractivity contribution in [3.8, 4) is 0 Å². The summed E-state index contributed by atoms with van der Waals surface area (Å²) in [4.78, 5) is 20.5. The van der Waals surface area contributed by atoms with Gasteiger partial charge in [-0.25, -0.2) is 0 Å². The molecule has 12 heavy (non-hydrogen) atoms. The summed E-state index contributed by atoms with van der Waals surface area (Å²) < 4.78 is 0. The largest absolute Gasteiger partial charge is 0.299 e. The Kier molecular flexibility index (Phi) is 2.96. The minimum absolute atomic E-state index is 0.593. The van der Waals surface area contributed by atoms with E-state index in [1.807, 2.05) is 6.07 Å². The van der Waals surface area contributed by atoms with Gasteiger partial charge < -0.3 is 0 Å². The van der Waals surface area contributed by atoms with Crippen LogP contribution in [0.1, 0.15) is 15.9 Å². The van der Waals surface area contributed by atoms with Crippen molar-refractivity contribution in [1.82, 2.24) is 0 Å². The molecule has 0 N–H and O–H groups in total. The molecule has 60 valence electrons. The normalized spacial score (nSPS) is 10.0. The van der Waals surface area contributed by atoms with Crippen LogP contribution < -0.4 is 0 Å². The third-order valence-corrected chi connectivity index (χ3v) is 1.48. The molecule has 0 aliphatic heterocycles. The second kappa shape index (κ2) is 4.23. The molecule has 1 aromatic carbocycles. The molecular formula is C10H8O2. The summed E-state index contributed by atoms with van der Waals surface area (Å²) >= 11 is 0. The van der Waals surface area contributed by atoms with Crippen LogP contribution in [-0.4, -0.2) is 12.6 Å². The standard InChI is InChI=1S/C10H8O2/c11-7-3-6-9-4-1-2-5-10(9)8-12/h1-8H/b6-3-. The van der Waals surface area contributed by atoms with Crippen molar-refractivity contribution in [2.75, 3.05) is 0 Å². The molecule has 0 saturated carbocycles. The highest BCUT2D eigenvalue weighted by Crippen LogP contribution is 2.07. The molecule has 2 nitrogen and oxygen atoms in total. The molecule has 0 bridgehead atoms. The van der Waals surface area contributed by atoms with Crippen molar-refractivity contribution in [2.45, 2.75) is 0 Å². The van der Waals surface area contributed by atoms with Gasteiger partial charge in [0.25, 0.3) is 0 Å². The molecule has 2 heteroatoms. The van der Waals surface area contributed by atoms with Gasteiger partial charge in [0.2, 0.25) is 0 Å². The quantitative estimate of drug-likeness (QED) is 0.498. The Morgan fingerprint density at radius 2 is 1.67 bits per heavy atom. The lowest BCUT2D eigenvalue weighted by atomic mass is 10.1. The molecule has 0 heterocycles. The van der Waals surface area contributed by atoms with Crippen LogP contribution in [0.5, 0.6) is 0 Å². The first-order valence-corrected chi connectivity index (χ1v) is 3.54. The summed E-state index contributed by atoms with van der Waals surface area (Å²) in [6.07, 6.45) is 4.42. The Balaban J connectivity index is 3.04. The molecule has 0 unspecified atom stereocenters. The van der Waals surface area contributed by atoms with Crippen LogP contribution in [0.2, 0.25) is 0 Å². The van der Waals surface area contributed by atoms with Crippen LogP contribution in [-0.2, 0) is 4.79 Å². The van der Waals surface area contributed by atoms with Gasteiger partial charge in [-0.3, -0.25) is 9.59 Å². The lowest BCUT2D eigenvalue weighted by Gasteiger charge is -1.95. The minimum Gasteiger partial charge on any atom is -0.299 e. The van der Waals surface area contributed by atoms with Crippen LogP contribution in [0.15, 0.2) is 30.3 Å². The molecule has 0 amide bonds. The molecule has 0 aliphatic carbocycles. The predicted molar refractivity (Wildman–Crippen MR) is 46.9 cm³/mol. The van der Waals surface area contributed by atoms with Crippen molar-refractivity contribution >= 4 is 18.6 Å². The van der Waals surface area contributed by atoms with Gasteiger partial charge in [-0.05, 0) is 11.6 Å². The van der Waals surface area contributed by atoms with E-state index in [0.717, 1.165) is 11.8 Å². The second-order valence-electron chi connectivity index (χ2n) is 2.24. The number of carbonyl (C=O) groups is 2. The lowest BCUT2D eigenvalue weighted by molar-refractivity contribution is -0.104. The van der Waals surface area contributed by atoms with Crippen LogP contribution in [0, 0.1) is 0 Å². The molecule has 1 rings (SSSR count). The van der Waals surface area contributed by atoms with Gasteiger partial charge in [0.15, 0.2) is 6.29 Å². The summed E-state index contributed by atoms with van der Waals surface area (Å²) in [5.41, 5.74) is 1.36. The smallest absolute Gasteiger partial charge is 0.150 e. The van der Waals surface area contributed by atoms with Gasteiger partial charge in [0.1, 0.15) is 6.29 Å². The molecule has 1 aromatic rings. The Labute approximate surface area is 70.5 Å². The Bertz CT molecular complexity index is 313. The number of aldehydes is 2. The number of allylic oxidation sites excluding steroid dienone is 1. The van der Waals surface area contributed by atoms with E-state index in [0.29, 0.717) is 11.8 Å². The van der Waals surface area contributed by atoms with Gasteiger partial charge in [-0.15, -0.1) is 0 Å². The first-order valence-electron chi connectivity index (χ1n) is 3.54. The van der Waals surface area contributed by atoms with Gasteiger partial charge >= 0.3 is 0 Å². The fourth-order valence-corrected chi connectivity index (χ4v) is 0.913. The van der Waals surface area contributed by atoms with Crippen LogP contribution in [0.25, 0.3) is 6.08 Å². The predicted octanol–water partition coefficient (Wildman–Crippen LogP) is 1.71. The van der Waals surface area contributed by atoms with Crippen molar-refractivity contribution in [3.63, 3.8) is 0 Å². The molecule has 0 saturated heterocycles. The van der Waals surface area contributed by atoms with Crippen molar-refractivity contribution in [2.24, 2.45) is 0 Å². The molecule has 0 fully saturated rings. The first kappa shape index (κ1) is 8.40. The Morgan fingerprint density at radius 1 is 1.00 bits per heavy atom. The number of rotatable bonds is 3. The van der Waals surface area contributed by atoms with Crippen LogP contribution >= 0.6 is 0 Å². The lowest BCUT2D eigenvalue weighted by Crippen LogP contribution is -1.83. The van der Waals surface area contributed by atoms with Gasteiger partial charge in [0.05, 0.1) is 0 Å². The van der Waals surface area contributed by atoms with E-state index in [4.69, 9.17) is 0 Å². The maximum Gasteiger partial charge on any atom is 0.150 e. The third-order valence-electron chi connectivity index (χ3n) is 1.48. The first-order chi connectivity index (χ1) is 5.88. The van der Waals surface area contributed by atoms with E-state index in [2.05, 4.69) is 0 Å². The molecular weight excluding hydrogens is 152 g/mol. The Hall–Kier alpha value is -1.70. The zero-order chi connectivity index (χ0) is 8.81. The van der Waals surface area contributed by atoms with Crippen molar-refractivity contribution in [1.29, 1.82) is 0 Å². The molecule has 0 aliphatic rings. The van der Waals surface area contributed by atoms with Crippen LogP contribution in [0.3, 0.4) is 0 Å². The van der Waals surface area contributed by atoms with E-state index >= 15 is 0 Å². The summed E-state index contributed by atoms with van der Waals surface area (Å²) in [5.74, 6) is 0. The number of carbonyl (C=O) groups excluding carboxylic acids is 2. The Morgan fingerprint density at radius 3 is 2.25 bits per heavy atom. The summed E-state index contributed by atoms with van der Waals surface area (Å²) in [5, 5.41) is 0. The summed E-state index contributed by atoms with van der Waals surface area (Å²) in [6, 6.07) is 7.08. The molecule has 0 spiro atoms. The van der Waals surface area contributed by atoms with Gasteiger partial charge in [-0.2, -0.15) is 0 Å². The number of benzene rings is 1. The van der Waals surface area contributed by atoms with E-state index in [9.17, 15) is 9.59 Å². The van der Waals surface area contributed by atoms with Crippen LogP contribution in [0.4, 0.5) is 0 Å². The van der Waals surface area contributed by atoms with E-state index in [-0.39, 0.29) is 0 Å². The highest BCUT2D eigenvalue weighted by Gasteiger charge is 1.93. The van der Waals surface area contributed by atoms with Crippen molar-refractivity contribution in [3.05, 3.63) is 41.5 Å². The fraction of sp³-hybridized carbons (Fsp3) is 0. The average Bonchev–Trinajstić information content (AvgIpc) is 2.15.